The van der Waals surface area contributed by atoms with Gasteiger partial charge in [0.05, 0.1) is 0 Å². The molecule has 1 aliphatic heterocycles. The Hall–Kier alpha value is -0.350. The molecule has 0 amide bonds. The standard InChI is InChI=1S/C9H19N3S/c1-4-10-9(13)12-6-5-11(3)7-8(12)2/h8H,4-7H2,1-3H3,(H,10,13). The van der Waals surface area contributed by atoms with E-state index in [0.29, 0.717) is 6.04 Å². The highest BCUT2D eigenvalue weighted by molar-refractivity contribution is 7.80. The fourth-order valence-corrected chi connectivity index (χ4v) is 2.11. The molecule has 0 spiro atoms. The second-order valence-corrected chi connectivity index (χ2v) is 4.03. The van der Waals surface area contributed by atoms with Crippen LogP contribution in [0.15, 0.2) is 0 Å². The summed E-state index contributed by atoms with van der Waals surface area (Å²) in [4.78, 5) is 4.62. The Morgan fingerprint density at radius 1 is 1.54 bits per heavy atom. The average Bonchev–Trinajstić information content (AvgIpc) is 2.04. The predicted octanol–water partition coefficient (Wildman–Crippen LogP) is 0.517. The van der Waals surface area contributed by atoms with Crippen molar-refractivity contribution in [2.45, 2.75) is 19.9 Å². The summed E-state index contributed by atoms with van der Waals surface area (Å²) in [6.07, 6.45) is 0. The molecular weight excluding hydrogens is 182 g/mol. The van der Waals surface area contributed by atoms with Gasteiger partial charge in [0.1, 0.15) is 0 Å². The molecule has 0 aromatic carbocycles. The van der Waals surface area contributed by atoms with Crippen LogP contribution in [0.4, 0.5) is 0 Å². The monoisotopic (exact) mass is 201 g/mol. The summed E-state index contributed by atoms with van der Waals surface area (Å²) in [5.74, 6) is 0. The first-order chi connectivity index (χ1) is 6.15. The lowest BCUT2D eigenvalue weighted by Crippen LogP contribution is -2.55. The maximum absolute atomic E-state index is 5.29. The van der Waals surface area contributed by atoms with Gasteiger partial charge in [0.15, 0.2) is 5.11 Å². The SMILES string of the molecule is CCNC(=S)N1CCN(C)CC1C. The van der Waals surface area contributed by atoms with E-state index in [9.17, 15) is 0 Å². The molecule has 3 nitrogen and oxygen atoms in total. The van der Waals surface area contributed by atoms with E-state index in [1.165, 1.54) is 0 Å². The van der Waals surface area contributed by atoms with Crippen LogP contribution in [-0.4, -0.2) is 54.2 Å². The Bertz CT molecular complexity index is 184. The number of nitrogens with zero attached hydrogens (tertiary/aromatic N) is 2. The number of hydrogen-bond donors (Lipinski definition) is 1. The third-order valence-corrected chi connectivity index (χ3v) is 2.80. The molecule has 1 unspecified atom stereocenters. The van der Waals surface area contributed by atoms with Crippen molar-refractivity contribution in [3.63, 3.8) is 0 Å². The quantitative estimate of drug-likeness (QED) is 0.623. The molecule has 1 atom stereocenters. The second-order valence-electron chi connectivity index (χ2n) is 3.64. The summed E-state index contributed by atoms with van der Waals surface area (Å²) in [6, 6.07) is 0.533. The molecule has 0 aromatic heterocycles. The number of rotatable bonds is 1. The summed E-state index contributed by atoms with van der Waals surface area (Å²) in [6.45, 7) is 8.47. The van der Waals surface area contributed by atoms with Crippen LogP contribution in [0.3, 0.4) is 0 Å². The molecule has 0 aromatic rings. The van der Waals surface area contributed by atoms with Crippen molar-refractivity contribution in [1.82, 2.24) is 15.1 Å². The fraction of sp³-hybridized carbons (Fsp3) is 0.889. The van der Waals surface area contributed by atoms with E-state index in [-0.39, 0.29) is 0 Å². The lowest BCUT2D eigenvalue weighted by atomic mass is 10.2. The van der Waals surface area contributed by atoms with Crippen LogP contribution in [0.5, 0.6) is 0 Å². The van der Waals surface area contributed by atoms with Crippen LogP contribution in [0.2, 0.25) is 0 Å². The summed E-state index contributed by atoms with van der Waals surface area (Å²) in [5, 5.41) is 4.10. The van der Waals surface area contributed by atoms with Crippen molar-refractivity contribution in [3.05, 3.63) is 0 Å². The Morgan fingerprint density at radius 2 is 2.23 bits per heavy atom. The van der Waals surface area contributed by atoms with Gasteiger partial charge in [-0.15, -0.1) is 0 Å². The van der Waals surface area contributed by atoms with Crippen molar-refractivity contribution < 1.29 is 0 Å². The third kappa shape index (κ3) is 2.81. The van der Waals surface area contributed by atoms with E-state index in [1.54, 1.807) is 0 Å². The summed E-state index contributed by atoms with van der Waals surface area (Å²) in [5.41, 5.74) is 0. The molecule has 1 N–H and O–H groups in total. The Labute approximate surface area is 86.1 Å². The second kappa shape index (κ2) is 4.77. The van der Waals surface area contributed by atoms with E-state index in [2.05, 4.69) is 36.0 Å². The zero-order chi connectivity index (χ0) is 9.84. The molecule has 1 fully saturated rings. The van der Waals surface area contributed by atoms with Crippen molar-refractivity contribution in [3.8, 4) is 0 Å². The van der Waals surface area contributed by atoms with Crippen LogP contribution in [0.1, 0.15) is 13.8 Å². The maximum atomic E-state index is 5.29. The fourth-order valence-electron chi connectivity index (χ4n) is 1.69. The van der Waals surface area contributed by atoms with Gasteiger partial charge in [-0.3, -0.25) is 0 Å². The van der Waals surface area contributed by atoms with Gasteiger partial charge in [-0.25, -0.2) is 0 Å². The van der Waals surface area contributed by atoms with E-state index in [4.69, 9.17) is 12.2 Å². The van der Waals surface area contributed by atoms with E-state index >= 15 is 0 Å². The van der Waals surface area contributed by atoms with Crippen molar-refractivity contribution in [1.29, 1.82) is 0 Å². The normalized spacial score (nSPS) is 24.5. The first-order valence-electron chi connectivity index (χ1n) is 4.88. The van der Waals surface area contributed by atoms with E-state index in [1.807, 2.05) is 0 Å². The van der Waals surface area contributed by atoms with E-state index in [0.717, 1.165) is 31.3 Å². The van der Waals surface area contributed by atoms with Crippen LogP contribution in [0, 0.1) is 0 Å². The number of piperazine rings is 1. The van der Waals surface area contributed by atoms with Crippen LogP contribution in [-0.2, 0) is 0 Å². The largest absolute Gasteiger partial charge is 0.363 e. The van der Waals surface area contributed by atoms with Crippen molar-refractivity contribution in [2.75, 3.05) is 33.2 Å². The zero-order valence-electron chi connectivity index (χ0n) is 8.71. The van der Waals surface area contributed by atoms with Gasteiger partial charge >= 0.3 is 0 Å². The zero-order valence-corrected chi connectivity index (χ0v) is 9.52. The molecule has 0 aliphatic carbocycles. The van der Waals surface area contributed by atoms with Gasteiger partial charge in [-0.05, 0) is 33.1 Å². The minimum absolute atomic E-state index is 0.533. The first-order valence-corrected chi connectivity index (χ1v) is 5.29. The Morgan fingerprint density at radius 3 is 2.77 bits per heavy atom. The maximum Gasteiger partial charge on any atom is 0.169 e. The molecule has 1 heterocycles. The van der Waals surface area contributed by atoms with Gasteiger partial charge in [0.25, 0.3) is 0 Å². The highest BCUT2D eigenvalue weighted by atomic mass is 32.1. The van der Waals surface area contributed by atoms with Gasteiger partial charge in [0, 0.05) is 32.2 Å². The summed E-state index contributed by atoms with van der Waals surface area (Å²) in [7, 11) is 2.16. The van der Waals surface area contributed by atoms with Gasteiger partial charge < -0.3 is 15.1 Å². The smallest absolute Gasteiger partial charge is 0.169 e. The van der Waals surface area contributed by atoms with Gasteiger partial charge in [0.2, 0.25) is 0 Å². The molecule has 0 saturated carbocycles. The molecule has 1 saturated heterocycles. The van der Waals surface area contributed by atoms with Crippen LogP contribution < -0.4 is 5.32 Å². The first kappa shape index (κ1) is 10.7. The molecule has 4 heteroatoms. The highest BCUT2D eigenvalue weighted by Crippen LogP contribution is 2.07. The van der Waals surface area contributed by atoms with Gasteiger partial charge in [-0.2, -0.15) is 0 Å². The Kier molecular flexibility index (Phi) is 3.93. The molecule has 76 valence electrons. The van der Waals surface area contributed by atoms with Crippen molar-refractivity contribution in [2.24, 2.45) is 0 Å². The molecule has 13 heavy (non-hydrogen) atoms. The van der Waals surface area contributed by atoms with E-state index < -0.39 is 0 Å². The molecule has 0 radical (unpaired) electrons. The lowest BCUT2D eigenvalue weighted by molar-refractivity contribution is 0.160. The summed E-state index contributed by atoms with van der Waals surface area (Å²) >= 11 is 5.29. The summed E-state index contributed by atoms with van der Waals surface area (Å²) < 4.78 is 0. The molecule has 1 rings (SSSR count). The topological polar surface area (TPSA) is 18.5 Å². The number of nitrogens with one attached hydrogen (secondary N) is 1. The minimum Gasteiger partial charge on any atom is -0.363 e. The molecule has 1 aliphatic rings. The highest BCUT2D eigenvalue weighted by Gasteiger charge is 2.22. The van der Waals surface area contributed by atoms with Gasteiger partial charge in [-0.1, -0.05) is 0 Å². The molecule has 0 bridgehead atoms. The number of hydrogen-bond acceptors (Lipinski definition) is 2. The van der Waals surface area contributed by atoms with Crippen LogP contribution in [0.25, 0.3) is 0 Å². The minimum atomic E-state index is 0.533. The van der Waals surface area contributed by atoms with Crippen molar-refractivity contribution >= 4 is 17.3 Å². The average molecular weight is 201 g/mol. The third-order valence-electron chi connectivity index (χ3n) is 2.42. The molecular formula is C9H19N3S. The number of likely N-dealkylation sites (N-methyl/N-ethyl adjacent to an activating group) is 1. The predicted molar refractivity (Wildman–Crippen MR) is 59.9 cm³/mol. The lowest BCUT2D eigenvalue weighted by Gasteiger charge is -2.39. The number of thiocarbonyl (C=S) groups is 1. The Balaban J connectivity index is 2.45. The van der Waals surface area contributed by atoms with Crippen LogP contribution >= 0.6 is 12.2 Å².